The van der Waals surface area contributed by atoms with Gasteiger partial charge in [-0.05, 0) is 39.7 Å². The molecular formula is C12H21N7. The fourth-order valence-corrected chi connectivity index (χ4v) is 1.94. The molecule has 7 heteroatoms. The third-order valence-corrected chi connectivity index (χ3v) is 2.91. The normalized spacial score (nSPS) is 11.4. The van der Waals surface area contributed by atoms with Gasteiger partial charge in [-0.1, -0.05) is 5.21 Å². The van der Waals surface area contributed by atoms with E-state index in [0.717, 1.165) is 37.3 Å². The summed E-state index contributed by atoms with van der Waals surface area (Å²) in [6.07, 6.45) is 6.55. The first kappa shape index (κ1) is 13.7. The second-order valence-electron chi connectivity index (χ2n) is 4.87. The molecule has 2 N–H and O–H groups in total. The lowest BCUT2D eigenvalue weighted by molar-refractivity contribution is 0.485. The van der Waals surface area contributed by atoms with Crippen molar-refractivity contribution in [3.05, 3.63) is 24.0 Å². The molecule has 104 valence electrons. The summed E-state index contributed by atoms with van der Waals surface area (Å²) >= 11 is 0. The van der Waals surface area contributed by atoms with Gasteiger partial charge in [0.1, 0.15) is 18.7 Å². The summed E-state index contributed by atoms with van der Waals surface area (Å²) in [6.45, 7) is 5.49. The molecule has 0 saturated carbocycles. The SMILES string of the molecule is CC(C)n1ncnc1Cn1cc(CCCCN)nn1. The van der Waals surface area contributed by atoms with Crippen LogP contribution in [0.1, 0.15) is 44.2 Å². The summed E-state index contributed by atoms with van der Waals surface area (Å²) in [5, 5.41) is 12.5. The molecule has 0 saturated heterocycles. The van der Waals surface area contributed by atoms with E-state index in [2.05, 4.69) is 34.2 Å². The van der Waals surface area contributed by atoms with Gasteiger partial charge in [-0.3, -0.25) is 0 Å². The maximum Gasteiger partial charge on any atom is 0.148 e. The molecule has 7 nitrogen and oxygen atoms in total. The molecule has 0 bridgehead atoms. The molecule has 2 aromatic rings. The molecule has 0 aliphatic carbocycles. The molecule has 2 heterocycles. The van der Waals surface area contributed by atoms with Crippen LogP contribution in [0.3, 0.4) is 0 Å². The Morgan fingerprint density at radius 3 is 2.89 bits per heavy atom. The Balaban J connectivity index is 1.97. The molecule has 0 unspecified atom stereocenters. The average Bonchev–Trinajstić information content (AvgIpc) is 2.99. The maximum absolute atomic E-state index is 5.47. The molecule has 2 rings (SSSR count). The summed E-state index contributed by atoms with van der Waals surface area (Å²) < 4.78 is 3.70. The monoisotopic (exact) mass is 263 g/mol. The Bertz CT molecular complexity index is 500. The van der Waals surface area contributed by atoms with E-state index in [0.29, 0.717) is 12.6 Å². The van der Waals surface area contributed by atoms with Crippen LogP contribution in [-0.2, 0) is 13.0 Å². The summed E-state index contributed by atoms with van der Waals surface area (Å²) in [4.78, 5) is 4.26. The zero-order valence-electron chi connectivity index (χ0n) is 11.5. The minimum Gasteiger partial charge on any atom is -0.330 e. The van der Waals surface area contributed by atoms with Gasteiger partial charge in [-0.2, -0.15) is 5.10 Å². The molecule has 0 aliphatic heterocycles. The van der Waals surface area contributed by atoms with E-state index in [-0.39, 0.29) is 0 Å². The third kappa shape index (κ3) is 3.60. The molecule has 0 fully saturated rings. The molecule has 0 aromatic carbocycles. The summed E-state index contributed by atoms with van der Waals surface area (Å²) in [5.41, 5.74) is 6.48. The second-order valence-corrected chi connectivity index (χ2v) is 4.87. The van der Waals surface area contributed by atoms with Crippen molar-refractivity contribution in [3.63, 3.8) is 0 Å². The van der Waals surface area contributed by atoms with E-state index < -0.39 is 0 Å². The number of aryl methyl sites for hydroxylation is 1. The van der Waals surface area contributed by atoms with E-state index in [9.17, 15) is 0 Å². The second kappa shape index (κ2) is 6.42. The molecule has 0 radical (unpaired) electrons. The quantitative estimate of drug-likeness (QED) is 0.746. The van der Waals surface area contributed by atoms with Crippen LogP contribution in [0.25, 0.3) is 0 Å². The van der Waals surface area contributed by atoms with E-state index in [1.807, 2.05) is 10.9 Å². The van der Waals surface area contributed by atoms with Gasteiger partial charge in [-0.15, -0.1) is 5.10 Å². The molecule has 0 aliphatic rings. The van der Waals surface area contributed by atoms with Gasteiger partial charge in [0.25, 0.3) is 0 Å². The van der Waals surface area contributed by atoms with Gasteiger partial charge >= 0.3 is 0 Å². The minimum absolute atomic E-state index is 0.296. The molecule has 2 aromatic heterocycles. The standard InChI is InChI=1S/C12H21N7/c1-10(2)19-12(14-9-15-19)8-18-7-11(16-17-18)5-3-4-6-13/h7,9-10H,3-6,8,13H2,1-2H3. The Hall–Kier alpha value is -1.76. The van der Waals surface area contributed by atoms with Gasteiger partial charge < -0.3 is 5.73 Å². The maximum atomic E-state index is 5.47. The van der Waals surface area contributed by atoms with Crippen molar-refractivity contribution in [3.8, 4) is 0 Å². The highest BCUT2D eigenvalue weighted by molar-refractivity contribution is 4.95. The van der Waals surface area contributed by atoms with Crippen molar-refractivity contribution in [2.75, 3.05) is 6.54 Å². The molecule has 0 spiro atoms. The smallest absolute Gasteiger partial charge is 0.148 e. The summed E-state index contributed by atoms with van der Waals surface area (Å²) in [5.74, 6) is 0.897. The molecule has 0 atom stereocenters. The Morgan fingerprint density at radius 1 is 1.32 bits per heavy atom. The van der Waals surface area contributed by atoms with Crippen LogP contribution in [-0.4, -0.2) is 36.3 Å². The number of nitrogens with zero attached hydrogens (tertiary/aromatic N) is 6. The van der Waals surface area contributed by atoms with Gasteiger partial charge in [0.15, 0.2) is 0 Å². The van der Waals surface area contributed by atoms with Crippen molar-refractivity contribution in [2.45, 2.75) is 45.7 Å². The zero-order valence-corrected chi connectivity index (χ0v) is 11.5. The van der Waals surface area contributed by atoms with Crippen molar-refractivity contribution < 1.29 is 0 Å². The van der Waals surface area contributed by atoms with Crippen molar-refractivity contribution in [1.82, 2.24) is 29.8 Å². The highest BCUT2D eigenvalue weighted by atomic mass is 15.4. The minimum atomic E-state index is 0.296. The predicted octanol–water partition coefficient (Wildman–Crippen LogP) is 0.780. The van der Waals surface area contributed by atoms with Gasteiger partial charge in [0, 0.05) is 12.2 Å². The Labute approximate surface area is 112 Å². The van der Waals surface area contributed by atoms with Crippen LogP contribution < -0.4 is 5.73 Å². The zero-order chi connectivity index (χ0) is 13.7. The first-order valence-electron chi connectivity index (χ1n) is 6.68. The van der Waals surface area contributed by atoms with Crippen molar-refractivity contribution in [2.24, 2.45) is 5.73 Å². The Kier molecular flexibility index (Phi) is 4.62. The first-order chi connectivity index (χ1) is 9.20. The number of aromatic nitrogens is 6. The van der Waals surface area contributed by atoms with E-state index >= 15 is 0 Å². The summed E-state index contributed by atoms with van der Waals surface area (Å²) in [6, 6.07) is 0.296. The average molecular weight is 263 g/mol. The number of hydrogen-bond acceptors (Lipinski definition) is 5. The molecule has 0 amide bonds. The lowest BCUT2D eigenvalue weighted by Crippen LogP contribution is -2.12. The van der Waals surface area contributed by atoms with E-state index in [4.69, 9.17) is 5.73 Å². The van der Waals surface area contributed by atoms with Gasteiger partial charge in [0.2, 0.25) is 0 Å². The lowest BCUT2D eigenvalue weighted by Gasteiger charge is -2.08. The van der Waals surface area contributed by atoms with Crippen LogP contribution in [0, 0.1) is 0 Å². The number of rotatable bonds is 7. The first-order valence-corrected chi connectivity index (χ1v) is 6.68. The van der Waals surface area contributed by atoms with Crippen molar-refractivity contribution >= 4 is 0 Å². The highest BCUT2D eigenvalue weighted by Crippen LogP contribution is 2.07. The highest BCUT2D eigenvalue weighted by Gasteiger charge is 2.09. The number of hydrogen-bond donors (Lipinski definition) is 1. The molecular weight excluding hydrogens is 242 g/mol. The van der Waals surface area contributed by atoms with Crippen molar-refractivity contribution in [1.29, 1.82) is 0 Å². The van der Waals surface area contributed by atoms with Gasteiger partial charge in [0.05, 0.1) is 5.69 Å². The largest absolute Gasteiger partial charge is 0.330 e. The fraction of sp³-hybridized carbons (Fsp3) is 0.667. The fourth-order valence-electron chi connectivity index (χ4n) is 1.94. The predicted molar refractivity (Wildman–Crippen MR) is 71.5 cm³/mol. The number of nitrogens with two attached hydrogens (primary N) is 1. The van der Waals surface area contributed by atoms with Crippen LogP contribution in [0.2, 0.25) is 0 Å². The number of unbranched alkanes of at least 4 members (excludes halogenated alkanes) is 1. The van der Waals surface area contributed by atoms with Crippen LogP contribution >= 0.6 is 0 Å². The van der Waals surface area contributed by atoms with Crippen LogP contribution in [0.5, 0.6) is 0 Å². The van der Waals surface area contributed by atoms with Crippen LogP contribution in [0.4, 0.5) is 0 Å². The topological polar surface area (TPSA) is 87.4 Å². The summed E-state index contributed by atoms with van der Waals surface area (Å²) in [7, 11) is 0. The van der Waals surface area contributed by atoms with Crippen LogP contribution in [0.15, 0.2) is 12.5 Å². The lowest BCUT2D eigenvalue weighted by atomic mass is 10.2. The van der Waals surface area contributed by atoms with E-state index in [1.165, 1.54) is 0 Å². The molecule has 19 heavy (non-hydrogen) atoms. The van der Waals surface area contributed by atoms with Gasteiger partial charge in [-0.25, -0.2) is 14.3 Å². The van der Waals surface area contributed by atoms with E-state index in [1.54, 1.807) is 11.0 Å². The third-order valence-electron chi connectivity index (χ3n) is 2.91. The Morgan fingerprint density at radius 2 is 2.16 bits per heavy atom.